The topological polar surface area (TPSA) is 79.6 Å². The number of nitrogens with zero attached hydrogens (tertiary/aromatic N) is 1. The molecule has 0 atom stereocenters. The summed E-state index contributed by atoms with van der Waals surface area (Å²) in [6.07, 6.45) is 1.87. The van der Waals surface area contributed by atoms with Crippen molar-refractivity contribution in [1.29, 1.82) is 0 Å². The maximum absolute atomic E-state index is 13.5. The molecular formula is C27H35NO7. The van der Waals surface area contributed by atoms with Crippen LogP contribution in [-0.4, -0.2) is 59.6 Å². The van der Waals surface area contributed by atoms with Crippen molar-refractivity contribution in [2.45, 2.75) is 26.7 Å². The Labute approximate surface area is 206 Å². The molecule has 0 saturated carbocycles. The van der Waals surface area contributed by atoms with Gasteiger partial charge in [-0.15, -0.1) is 0 Å². The van der Waals surface area contributed by atoms with Gasteiger partial charge in [0, 0.05) is 17.7 Å². The van der Waals surface area contributed by atoms with Crippen LogP contribution < -0.4 is 29.1 Å². The third kappa shape index (κ3) is 5.82. The van der Waals surface area contributed by atoms with Crippen LogP contribution >= 0.6 is 0 Å². The molecule has 0 aliphatic rings. The summed E-state index contributed by atoms with van der Waals surface area (Å²) < 4.78 is 33.9. The maximum Gasteiger partial charge on any atom is 0.239 e. The average molecular weight is 486 g/mol. The molecule has 0 fully saturated rings. The predicted molar refractivity (Wildman–Crippen MR) is 137 cm³/mol. The van der Waals surface area contributed by atoms with Crippen molar-refractivity contribution in [2.24, 2.45) is 0 Å². The van der Waals surface area contributed by atoms with E-state index in [1.165, 1.54) is 7.11 Å². The molecule has 1 heterocycles. The molecular weight excluding hydrogens is 450 g/mol. The zero-order valence-corrected chi connectivity index (χ0v) is 21.4. The minimum absolute atomic E-state index is 0.0845. The predicted octanol–water partition coefficient (Wildman–Crippen LogP) is 5.00. The number of rotatable bonds is 13. The molecule has 3 aromatic rings. The molecule has 0 aliphatic heterocycles. The molecule has 2 aromatic carbocycles. The van der Waals surface area contributed by atoms with Crippen LogP contribution in [0, 0.1) is 0 Å². The van der Waals surface area contributed by atoms with E-state index in [0.29, 0.717) is 46.1 Å². The molecule has 0 amide bonds. The first kappa shape index (κ1) is 26.2. The van der Waals surface area contributed by atoms with Crippen molar-refractivity contribution in [3.8, 4) is 40.1 Å². The van der Waals surface area contributed by atoms with E-state index in [1.807, 2.05) is 0 Å². The van der Waals surface area contributed by atoms with E-state index >= 15 is 0 Å². The van der Waals surface area contributed by atoms with E-state index in [0.717, 1.165) is 32.5 Å². The summed E-state index contributed by atoms with van der Waals surface area (Å²) in [4.78, 5) is 15.9. The van der Waals surface area contributed by atoms with Crippen LogP contribution in [-0.2, 0) is 0 Å². The largest absolute Gasteiger partial charge is 0.496 e. The van der Waals surface area contributed by atoms with Crippen molar-refractivity contribution in [3.63, 3.8) is 0 Å². The first-order valence-electron chi connectivity index (χ1n) is 11.8. The lowest BCUT2D eigenvalue weighted by Crippen LogP contribution is -2.24. The van der Waals surface area contributed by atoms with Crippen LogP contribution in [0.25, 0.3) is 22.3 Å². The van der Waals surface area contributed by atoms with Gasteiger partial charge in [-0.2, -0.15) is 0 Å². The molecule has 0 N–H and O–H groups in total. The molecule has 0 spiro atoms. The molecule has 0 aliphatic carbocycles. The zero-order chi connectivity index (χ0) is 25.4. The van der Waals surface area contributed by atoms with Crippen LogP contribution in [0.3, 0.4) is 0 Å². The molecule has 3 rings (SSSR count). The van der Waals surface area contributed by atoms with Gasteiger partial charge in [-0.1, -0.05) is 13.8 Å². The zero-order valence-electron chi connectivity index (χ0n) is 21.4. The van der Waals surface area contributed by atoms with Crippen molar-refractivity contribution in [2.75, 3.05) is 54.7 Å². The third-order valence-corrected chi connectivity index (χ3v) is 6.00. The number of ether oxygens (including phenoxy) is 5. The van der Waals surface area contributed by atoms with Crippen molar-refractivity contribution in [3.05, 3.63) is 40.6 Å². The lowest BCUT2D eigenvalue weighted by Gasteiger charge is -2.18. The van der Waals surface area contributed by atoms with Gasteiger partial charge in [0.1, 0.15) is 22.5 Å². The van der Waals surface area contributed by atoms with Gasteiger partial charge in [0.15, 0.2) is 17.3 Å². The van der Waals surface area contributed by atoms with Gasteiger partial charge >= 0.3 is 0 Å². The van der Waals surface area contributed by atoms with E-state index < -0.39 is 0 Å². The highest BCUT2D eigenvalue weighted by atomic mass is 16.5. The van der Waals surface area contributed by atoms with Gasteiger partial charge in [0.2, 0.25) is 11.2 Å². The first-order valence-corrected chi connectivity index (χ1v) is 11.8. The normalized spacial score (nSPS) is 11.1. The Bertz CT molecular complexity index is 1180. The number of hydrogen-bond donors (Lipinski definition) is 0. The molecule has 0 radical (unpaired) electrons. The van der Waals surface area contributed by atoms with Crippen molar-refractivity contribution < 1.29 is 28.1 Å². The second-order valence-electron chi connectivity index (χ2n) is 7.94. The summed E-state index contributed by atoms with van der Waals surface area (Å²) in [7, 11) is 6.11. The van der Waals surface area contributed by atoms with Gasteiger partial charge in [0.25, 0.3) is 0 Å². The summed E-state index contributed by atoms with van der Waals surface area (Å²) in [5.41, 5.74) is 0.637. The maximum atomic E-state index is 13.5. The second kappa shape index (κ2) is 12.4. The lowest BCUT2D eigenvalue weighted by atomic mass is 10.1. The highest BCUT2D eigenvalue weighted by molar-refractivity contribution is 5.88. The fourth-order valence-electron chi connectivity index (χ4n) is 3.99. The summed E-state index contributed by atoms with van der Waals surface area (Å²) in [5.74, 6) is 2.38. The number of methoxy groups -OCH3 is 4. The van der Waals surface area contributed by atoms with Gasteiger partial charge in [-0.05, 0) is 50.7 Å². The highest BCUT2D eigenvalue weighted by Crippen LogP contribution is 2.39. The standard InChI is InChI=1S/C27H35NO7/c1-7-28(8-2)13-9-10-14-34-22-16-19(30-3)17-23-24(22)25(29)27(33-6)26(35-23)18-11-12-20(31-4)21(15-18)32-5/h11-12,15-17H,7-10,13-14H2,1-6H3. The fraction of sp³-hybridized carbons (Fsp3) is 0.444. The molecule has 8 nitrogen and oxygen atoms in total. The monoisotopic (exact) mass is 485 g/mol. The third-order valence-electron chi connectivity index (χ3n) is 6.00. The van der Waals surface area contributed by atoms with Crippen molar-refractivity contribution >= 4 is 11.0 Å². The Kier molecular flexibility index (Phi) is 9.25. The molecule has 190 valence electrons. The van der Waals surface area contributed by atoms with Crippen LogP contribution in [0.1, 0.15) is 26.7 Å². The molecule has 0 saturated heterocycles. The molecule has 0 unspecified atom stereocenters. The minimum Gasteiger partial charge on any atom is -0.496 e. The number of hydrogen-bond acceptors (Lipinski definition) is 8. The highest BCUT2D eigenvalue weighted by Gasteiger charge is 2.22. The van der Waals surface area contributed by atoms with Gasteiger partial charge in [0.05, 0.1) is 35.0 Å². The Morgan fingerprint density at radius 3 is 2.20 bits per heavy atom. The number of unbranched alkanes of at least 4 members (excludes halogenated alkanes) is 1. The van der Waals surface area contributed by atoms with Gasteiger partial charge < -0.3 is 33.0 Å². The average Bonchev–Trinajstić information content (AvgIpc) is 2.89. The Balaban J connectivity index is 2.00. The second-order valence-corrected chi connectivity index (χ2v) is 7.94. The smallest absolute Gasteiger partial charge is 0.239 e. The van der Waals surface area contributed by atoms with E-state index in [-0.39, 0.29) is 16.9 Å². The van der Waals surface area contributed by atoms with Crippen LogP contribution in [0.4, 0.5) is 0 Å². The number of fused-ring (bicyclic) bond motifs is 1. The Hall–Kier alpha value is -3.39. The Morgan fingerprint density at radius 1 is 0.829 bits per heavy atom. The summed E-state index contributed by atoms with van der Waals surface area (Å²) in [6, 6.07) is 8.64. The molecule has 35 heavy (non-hydrogen) atoms. The van der Waals surface area contributed by atoms with E-state index in [1.54, 1.807) is 51.7 Å². The van der Waals surface area contributed by atoms with Crippen LogP contribution in [0.2, 0.25) is 0 Å². The van der Waals surface area contributed by atoms with Gasteiger partial charge in [-0.3, -0.25) is 4.79 Å². The van der Waals surface area contributed by atoms with E-state index in [2.05, 4.69) is 18.7 Å². The van der Waals surface area contributed by atoms with Crippen LogP contribution in [0.15, 0.2) is 39.5 Å². The molecule has 8 heteroatoms. The molecule has 0 bridgehead atoms. The van der Waals surface area contributed by atoms with E-state index in [4.69, 9.17) is 28.1 Å². The first-order chi connectivity index (χ1) is 17.0. The minimum atomic E-state index is -0.320. The molecule has 1 aromatic heterocycles. The summed E-state index contributed by atoms with van der Waals surface area (Å²) in [5, 5.41) is 0.315. The Morgan fingerprint density at radius 2 is 1.57 bits per heavy atom. The van der Waals surface area contributed by atoms with Gasteiger partial charge in [-0.25, -0.2) is 0 Å². The van der Waals surface area contributed by atoms with E-state index in [9.17, 15) is 4.79 Å². The lowest BCUT2D eigenvalue weighted by molar-refractivity contribution is 0.266. The summed E-state index contributed by atoms with van der Waals surface area (Å²) in [6.45, 7) is 7.86. The fourth-order valence-corrected chi connectivity index (χ4v) is 3.99. The van der Waals surface area contributed by atoms with Crippen molar-refractivity contribution in [1.82, 2.24) is 4.90 Å². The summed E-state index contributed by atoms with van der Waals surface area (Å²) >= 11 is 0. The van der Waals surface area contributed by atoms with Crippen LogP contribution in [0.5, 0.6) is 28.7 Å². The SMILES string of the molecule is CCN(CC)CCCCOc1cc(OC)cc2oc(-c3ccc(OC)c(OC)c3)c(OC)c(=O)c12. The number of benzene rings is 2. The quantitative estimate of drug-likeness (QED) is 0.313.